The van der Waals surface area contributed by atoms with E-state index in [4.69, 9.17) is 4.74 Å². The SMILES string of the molecule is CN1C(=O)CSC1=NN(NC=O)C(=O)C(=O)C(C1CCCCC1)C1CCOCC1. The minimum absolute atomic E-state index is 0.0964. The summed E-state index contributed by atoms with van der Waals surface area (Å²) in [5, 5.41) is 5.02. The number of hydrazone groups is 1. The fraction of sp³-hybridized carbons (Fsp3) is 0.737. The van der Waals surface area contributed by atoms with Gasteiger partial charge < -0.3 is 4.74 Å². The third-order valence-electron chi connectivity index (χ3n) is 5.98. The Morgan fingerprint density at radius 2 is 1.86 bits per heavy atom. The average molecular weight is 425 g/mol. The highest BCUT2D eigenvalue weighted by Crippen LogP contribution is 2.38. The van der Waals surface area contributed by atoms with Crippen LogP contribution in [0.3, 0.4) is 0 Å². The molecule has 0 aromatic heterocycles. The third-order valence-corrected chi connectivity index (χ3v) is 6.99. The van der Waals surface area contributed by atoms with Gasteiger partial charge in [-0.1, -0.05) is 31.0 Å². The predicted octanol–water partition coefficient (Wildman–Crippen LogP) is 1.14. The summed E-state index contributed by atoms with van der Waals surface area (Å²) in [6, 6.07) is 0. The number of carbonyl (C=O) groups is 4. The maximum absolute atomic E-state index is 13.3. The number of rotatable bonds is 7. The fourth-order valence-electron chi connectivity index (χ4n) is 4.42. The Hall–Kier alpha value is -1.94. The number of hydrazine groups is 1. The smallest absolute Gasteiger partial charge is 0.329 e. The molecule has 10 heteroatoms. The molecule has 0 aromatic carbocycles. The molecule has 3 fully saturated rings. The number of thioether (sulfide) groups is 1. The Balaban J connectivity index is 1.81. The number of hydrogen-bond acceptors (Lipinski definition) is 7. The highest BCUT2D eigenvalue weighted by atomic mass is 32.2. The highest BCUT2D eigenvalue weighted by Gasteiger charge is 2.41. The lowest BCUT2D eigenvalue weighted by Crippen LogP contribution is -2.48. The van der Waals surface area contributed by atoms with Gasteiger partial charge in [0.1, 0.15) is 0 Å². The van der Waals surface area contributed by atoms with E-state index in [0.29, 0.717) is 24.7 Å². The van der Waals surface area contributed by atoms with Crippen LogP contribution in [-0.2, 0) is 23.9 Å². The molecular weight excluding hydrogens is 396 g/mol. The van der Waals surface area contributed by atoms with Gasteiger partial charge in [-0.15, -0.1) is 10.2 Å². The first-order chi connectivity index (χ1) is 14.0. The highest BCUT2D eigenvalue weighted by molar-refractivity contribution is 8.15. The number of ketones is 1. The van der Waals surface area contributed by atoms with Crippen LogP contribution in [0.1, 0.15) is 44.9 Å². The van der Waals surface area contributed by atoms with E-state index < -0.39 is 17.6 Å². The van der Waals surface area contributed by atoms with Gasteiger partial charge >= 0.3 is 5.91 Å². The molecule has 1 unspecified atom stereocenters. The molecule has 2 saturated heterocycles. The molecule has 160 valence electrons. The normalized spacial score (nSPS) is 23.8. The van der Waals surface area contributed by atoms with Gasteiger partial charge in [-0.3, -0.25) is 24.1 Å². The lowest BCUT2D eigenvalue weighted by molar-refractivity contribution is -0.152. The van der Waals surface area contributed by atoms with Crippen LogP contribution >= 0.6 is 11.8 Å². The van der Waals surface area contributed by atoms with Gasteiger partial charge in [0.15, 0.2) is 5.17 Å². The van der Waals surface area contributed by atoms with E-state index in [1.54, 1.807) is 7.05 Å². The van der Waals surface area contributed by atoms with Crippen LogP contribution in [0.15, 0.2) is 5.10 Å². The van der Waals surface area contributed by atoms with Gasteiger partial charge in [-0.25, -0.2) is 5.43 Å². The Morgan fingerprint density at radius 3 is 2.45 bits per heavy atom. The zero-order valence-corrected chi connectivity index (χ0v) is 17.5. The van der Waals surface area contributed by atoms with E-state index in [9.17, 15) is 19.2 Å². The second kappa shape index (κ2) is 10.2. The first-order valence-electron chi connectivity index (χ1n) is 10.2. The monoisotopic (exact) mass is 424 g/mol. The Kier molecular flexibility index (Phi) is 7.65. The summed E-state index contributed by atoms with van der Waals surface area (Å²) in [5.41, 5.74) is 2.21. The molecule has 1 N–H and O–H groups in total. The van der Waals surface area contributed by atoms with Crippen LogP contribution in [0.5, 0.6) is 0 Å². The van der Waals surface area contributed by atoms with Crippen LogP contribution in [0.2, 0.25) is 0 Å². The summed E-state index contributed by atoms with van der Waals surface area (Å²) in [7, 11) is 1.54. The number of nitrogens with zero attached hydrogens (tertiary/aromatic N) is 3. The van der Waals surface area contributed by atoms with Crippen molar-refractivity contribution in [2.24, 2.45) is 22.9 Å². The molecule has 1 atom stereocenters. The van der Waals surface area contributed by atoms with Crippen molar-refractivity contribution in [3.8, 4) is 0 Å². The lowest BCUT2D eigenvalue weighted by Gasteiger charge is -2.36. The number of hydrogen-bond donors (Lipinski definition) is 1. The molecule has 29 heavy (non-hydrogen) atoms. The quantitative estimate of drug-likeness (QED) is 0.373. The van der Waals surface area contributed by atoms with Crippen LogP contribution in [0.25, 0.3) is 0 Å². The van der Waals surface area contributed by atoms with Crippen LogP contribution < -0.4 is 5.43 Å². The molecule has 9 nitrogen and oxygen atoms in total. The Morgan fingerprint density at radius 1 is 1.21 bits per heavy atom. The van der Waals surface area contributed by atoms with Crippen molar-refractivity contribution < 1.29 is 23.9 Å². The minimum Gasteiger partial charge on any atom is -0.381 e. The summed E-state index contributed by atoms with van der Waals surface area (Å²) < 4.78 is 5.45. The average Bonchev–Trinajstić information content (AvgIpc) is 3.06. The van der Waals surface area contributed by atoms with Crippen molar-refractivity contribution in [1.29, 1.82) is 0 Å². The maximum atomic E-state index is 13.3. The summed E-state index contributed by atoms with van der Waals surface area (Å²) in [6.07, 6.45) is 6.96. The zero-order valence-electron chi connectivity index (χ0n) is 16.7. The van der Waals surface area contributed by atoms with Crippen molar-refractivity contribution in [3.05, 3.63) is 0 Å². The predicted molar refractivity (Wildman–Crippen MR) is 107 cm³/mol. The molecule has 1 saturated carbocycles. The maximum Gasteiger partial charge on any atom is 0.329 e. The lowest BCUT2D eigenvalue weighted by atomic mass is 9.70. The van der Waals surface area contributed by atoms with Gasteiger partial charge in [-0.2, -0.15) is 0 Å². The van der Waals surface area contributed by atoms with E-state index in [0.717, 1.165) is 56.7 Å². The van der Waals surface area contributed by atoms with E-state index in [2.05, 4.69) is 10.5 Å². The van der Waals surface area contributed by atoms with E-state index in [-0.39, 0.29) is 28.7 Å². The van der Waals surface area contributed by atoms with Crippen molar-refractivity contribution in [1.82, 2.24) is 15.4 Å². The molecular formula is C19H28N4O5S. The van der Waals surface area contributed by atoms with Gasteiger partial charge in [-0.05, 0) is 37.5 Å². The topological polar surface area (TPSA) is 108 Å². The molecule has 0 radical (unpaired) electrons. The van der Waals surface area contributed by atoms with E-state index >= 15 is 0 Å². The second-order valence-electron chi connectivity index (χ2n) is 7.73. The number of Topliss-reactive ketones (excluding diaryl/α,β-unsaturated/α-hetero) is 1. The number of amidine groups is 1. The molecule has 0 bridgehead atoms. The van der Waals surface area contributed by atoms with Crippen molar-refractivity contribution in [2.45, 2.75) is 44.9 Å². The molecule has 0 aromatic rings. The molecule has 0 spiro atoms. The first-order valence-corrected chi connectivity index (χ1v) is 11.1. The number of ether oxygens (including phenoxy) is 1. The largest absolute Gasteiger partial charge is 0.381 e. The van der Waals surface area contributed by atoms with Crippen molar-refractivity contribution in [2.75, 3.05) is 26.0 Å². The summed E-state index contributed by atoms with van der Waals surface area (Å²) >= 11 is 1.16. The number of nitrogens with one attached hydrogen (secondary N) is 1. The zero-order chi connectivity index (χ0) is 20.8. The fourth-order valence-corrected chi connectivity index (χ4v) is 5.30. The van der Waals surface area contributed by atoms with E-state index in [1.807, 2.05) is 0 Å². The summed E-state index contributed by atoms with van der Waals surface area (Å²) in [6.45, 7) is 1.19. The van der Waals surface area contributed by atoms with Crippen LogP contribution in [0, 0.1) is 17.8 Å². The standard InChI is InChI=1S/C19H28N4O5S/c1-22-15(25)11-29-19(22)21-23(20-12-24)18(27)17(26)16(13-5-3-2-4-6-13)14-7-9-28-10-8-14/h12-14,16H,2-11H2,1H3,(H,20,24). The second-order valence-corrected chi connectivity index (χ2v) is 8.67. The molecule has 1 aliphatic carbocycles. The van der Waals surface area contributed by atoms with Gasteiger partial charge in [0.05, 0.1) is 5.75 Å². The minimum atomic E-state index is -0.861. The van der Waals surface area contributed by atoms with Crippen molar-refractivity contribution in [3.63, 3.8) is 0 Å². The van der Waals surface area contributed by atoms with Crippen LogP contribution in [-0.4, -0.2) is 65.2 Å². The van der Waals surface area contributed by atoms with Gasteiger partial charge in [0.25, 0.3) is 0 Å². The van der Waals surface area contributed by atoms with Gasteiger partial charge in [0.2, 0.25) is 18.1 Å². The van der Waals surface area contributed by atoms with Crippen molar-refractivity contribution >= 4 is 40.9 Å². The molecule has 2 heterocycles. The van der Waals surface area contributed by atoms with E-state index in [1.165, 1.54) is 4.90 Å². The molecule has 2 aliphatic heterocycles. The molecule has 3 amide bonds. The van der Waals surface area contributed by atoms with Gasteiger partial charge in [0, 0.05) is 26.2 Å². The Bertz CT molecular complexity index is 656. The number of amides is 3. The first kappa shape index (κ1) is 21.8. The summed E-state index contributed by atoms with van der Waals surface area (Å²) in [5.74, 6) is -1.45. The third kappa shape index (κ3) is 5.16. The molecule has 3 aliphatic rings. The van der Waals surface area contributed by atoms with Crippen LogP contribution in [0.4, 0.5) is 0 Å². The number of carbonyl (C=O) groups excluding carboxylic acids is 4. The molecule has 3 rings (SSSR count). The summed E-state index contributed by atoms with van der Waals surface area (Å²) in [4.78, 5) is 50.4. The Labute approximate surface area is 174 Å².